The molecule has 1 aromatic rings. The van der Waals surface area contributed by atoms with Crippen LogP contribution < -0.4 is 5.32 Å². The fourth-order valence-corrected chi connectivity index (χ4v) is 2.06. The van der Waals surface area contributed by atoms with Gasteiger partial charge in [0.2, 0.25) is 5.91 Å². The van der Waals surface area contributed by atoms with E-state index in [0.29, 0.717) is 5.56 Å². The van der Waals surface area contributed by atoms with Crippen LogP contribution in [0, 0.1) is 5.92 Å². The van der Waals surface area contributed by atoms with E-state index in [4.69, 9.17) is 5.11 Å². The lowest BCUT2D eigenvalue weighted by Gasteiger charge is -2.17. The highest BCUT2D eigenvalue weighted by Crippen LogP contribution is 2.09. The number of rotatable bonds is 8. The van der Waals surface area contributed by atoms with Gasteiger partial charge in [0, 0.05) is 18.4 Å². The van der Waals surface area contributed by atoms with Gasteiger partial charge in [-0.2, -0.15) is 0 Å². The van der Waals surface area contributed by atoms with Crippen molar-refractivity contribution < 1.29 is 19.5 Å². The molecule has 0 unspecified atom stereocenters. The molecule has 0 aliphatic carbocycles. The van der Waals surface area contributed by atoms with E-state index in [1.807, 2.05) is 19.1 Å². The molecule has 1 atom stereocenters. The van der Waals surface area contributed by atoms with Crippen molar-refractivity contribution in [2.24, 2.45) is 5.92 Å². The zero-order chi connectivity index (χ0) is 16.7. The van der Waals surface area contributed by atoms with Gasteiger partial charge in [0.15, 0.2) is 5.78 Å². The summed E-state index contributed by atoms with van der Waals surface area (Å²) in [4.78, 5) is 34.8. The minimum Gasteiger partial charge on any atom is -0.480 e. The molecule has 0 spiro atoms. The van der Waals surface area contributed by atoms with Crippen molar-refractivity contribution in [3.63, 3.8) is 0 Å². The lowest BCUT2D eigenvalue weighted by molar-refractivity contribution is -0.143. The first-order valence-corrected chi connectivity index (χ1v) is 7.49. The Morgan fingerprint density at radius 1 is 1.09 bits per heavy atom. The molecule has 120 valence electrons. The van der Waals surface area contributed by atoms with Gasteiger partial charge in [-0.15, -0.1) is 0 Å². The first-order valence-electron chi connectivity index (χ1n) is 7.49. The number of amides is 1. The molecule has 0 radical (unpaired) electrons. The molecule has 5 heteroatoms. The molecule has 2 N–H and O–H groups in total. The van der Waals surface area contributed by atoms with E-state index in [-0.39, 0.29) is 24.5 Å². The maximum Gasteiger partial charge on any atom is 0.326 e. The first-order chi connectivity index (χ1) is 10.3. The lowest BCUT2D eigenvalue weighted by atomic mass is 10.0. The molecule has 5 nitrogen and oxygen atoms in total. The molecular formula is C17H23NO4. The molecular weight excluding hydrogens is 282 g/mol. The van der Waals surface area contributed by atoms with Gasteiger partial charge < -0.3 is 10.4 Å². The van der Waals surface area contributed by atoms with Crippen LogP contribution in [0.2, 0.25) is 0 Å². The van der Waals surface area contributed by atoms with Gasteiger partial charge in [0.1, 0.15) is 6.04 Å². The number of carboxylic acid groups (broad SMARTS) is 1. The second-order valence-corrected chi connectivity index (χ2v) is 5.60. The normalized spacial score (nSPS) is 12.0. The fourth-order valence-electron chi connectivity index (χ4n) is 2.06. The van der Waals surface area contributed by atoms with Crippen LogP contribution in [-0.2, 0) is 16.0 Å². The van der Waals surface area contributed by atoms with Crippen LogP contribution in [0.5, 0.6) is 0 Å². The smallest absolute Gasteiger partial charge is 0.326 e. The third-order valence-corrected chi connectivity index (χ3v) is 3.51. The number of hydrogen-bond donors (Lipinski definition) is 2. The number of aliphatic carboxylic acids is 1. The van der Waals surface area contributed by atoms with Crippen molar-refractivity contribution in [1.82, 2.24) is 5.32 Å². The number of ketones is 1. The Balaban J connectivity index is 2.52. The fraction of sp³-hybridized carbons (Fsp3) is 0.471. The SMILES string of the molecule is CCc1ccc(C(=O)CCC(=O)N[C@@H](C(=O)O)C(C)C)cc1. The number of Topliss-reactive ketones (excluding diaryl/α,β-unsaturated/α-hetero) is 1. The van der Waals surface area contributed by atoms with E-state index < -0.39 is 17.9 Å². The molecule has 22 heavy (non-hydrogen) atoms. The Labute approximate surface area is 130 Å². The zero-order valence-corrected chi connectivity index (χ0v) is 13.3. The van der Waals surface area contributed by atoms with E-state index in [2.05, 4.69) is 5.32 Å². The van der Waals surface area contributed by atoms with Crippen molar-refractivity contribution in [3.05, 3.63) is 35.4 Å². The second-order valence-electron chi connectivity index (χ2n) is 5.60. The molecule has 0 fully saturated rings. The maximum atomic E-state index is 12.0. The van der Waals surface area contributed by atoms with Gasteiger partial charge >= 0.3 is 5.97 Å². The molecule has 0 aliphatic rings. The summed E-state index contributed by atoms with van der Waals surface area (Å²) < 4.78 is 0. The lowest BCUT2D eigenvalue weighted by Crippen LogP contribution is -2.44. The van der Waals surface area contributed by atoms with Gasteiger partial charge in [0.25, 0.3) is 0 Å². The van der Waals surface area contributed by atoms with Gasteiger partial charge in [-0.3, -0.25) is 9.59 Å². The molecule has 0 saturated heterocycles. The van der Waals surface area contributed by atoms with Crippen molar-refractivity contribution in [1.29, 1.82) is 0 Å². The molecule has 0 saturated carbocycles. The minimum atomic E-state index is -1.06. The van der Waals surface area contributed by atoms with Crippen LogP contribution in [0.15, 0.2) is 24.3 Å². The van der Waals surface area contributed by atoms with Crippen molar-refractivity contribution in [2.45, 2.75) is 46.1 Å². The summed E-state index contributed by atoms with van der Waals surface area (Å²) in [6.07, 6.45) is 0.968. The van der Waals surface area contributed by atoms with Crippen LogP contribution in [0.1, 0.15) is 49.5 Å². The highest BCUT2D eigenvalue weighted by molar-refractivity contribution is 5.98. The number of nitrogens with one attached hydrogen (secondary N) is 1. The zero-order valence-electron chi connectivity index (χ0n) is 13.3. The Bertz CT molecular complexity index is 534. The van der Waals surface area contributed by atoms with Crippen LogP contribution >= 0.6 is 0 Å². The van der Waals surface area contributed by atoms with Gasteiger partial charge in [-0.1, -0.05) is 45.0 Å². The van der Waals surface area contributed by atoms with Crippen molar-refractivity contribution in [3.8, 4) is 0 Å². The number of carbonyl (C=O) groups is 3. The predicted molar refractivity (Wildman–Crippen MR) is 83.8 cm³/mol. The quantitative estimate of drug-likeness (QED) is 0.723. The van der Waals surface area contributed by atoms with Gasteiger partial charge in [0.05, 0.1) is 0 Å². The summed E-state index contributed by atoms with van der Waals surface area (Å²) in [5, 5.41) is 11.5. The first kappa shape index (κ1) is 17.9. The van der Waals surface area contributed by atoms with E-state index in [1.165, 1.54) is 0 Å². The highest BCUT2D eigenvalue weighted by Gasteiger charge is 2.23. The van der Waals surface area contributed by atoms with Crippen LogP contribution in [0.3, 0.4) is 0 Å². The Hall–Kier alpha value is -2.17. The number of carboxylic acids is 1. The summed E-state index contributed by atoms with van der Waals surface area (Å²) in [6, 6.07) is 6.38. The number of hydrogen-bond acceptors (Lipinski definition) is 3. The Morgan fingerprint density at radius 2 is 1.68 bits per heavy atom. The largest absolute Gasteiger partial charge is 0.480 e. The summed E-state index contributed by atoms with van der Waals surface area (Å²) >= 11 is 0. The second kappa shape index (κ2) is 8.32. The van der Waals surface area contributed by atoms with Crippen LogP contribution in [0.25, 0.3) is 0 Å². The molecule has 0 heterocycles. The number of aryl methyl sites for hydroxylation is 1. The molecule has 1 amide bonds. The molecule has 0 aliphatic heterocycles. The van der Waals surface area contributed by atoms with E-state index in [9.17, 15) is 14.4 Å². The van der Waals surface area contributed by atoms with Gasteiger partial charge in [-0.05, 0) is 17.9 Å². The summed E-state index contributed by atoms with van der Waals surface area (Å²) in [6.45, 7) is 5.48. The van der Waals surface area contributed by atoms with Crippen molar-refractivity contribution in [2.75, 3.05) is 0 Å². The summed E-state index contributed by atoms with van der Waals surface area (Å²) in [5.41, 5.74) is 1.72. The minimum absolute atomic E-state index is 0.00906. The maximum absolute atomic E-state index is 12.0. The summed E-state index contributed by atoms with van der Waals surface area (Å²) in [5.74, 6) is -1.81. The van der Waals surface area contributed by atoms with Crippen LogP contribution in [-0.4, -0.2) is 28.8 Å². The topological polar surface area (TPSA) is 83.5 Å². The monoisotopic (exact) mass is 305 g/mol. The molecule has 0 bridgehead atoms. The highest BCUT2D eigenvalue weighted by atomic mass is 16.4. The summed E-state index contributed by atoms with van der Waals surface area (Å²) in [7, 11) is 0. The van der Waals surface area contributed by atoms with Crippen LogP contribution in [0.4, 0.5) is 0 Å². The van der Waals surface area contributed by atoms with Crippen molar-refractivity contribution >= 4 is 17.7 Å². The Kier molecular flexibility index (Phi) is 6.76. The average Bonchev–Trinajstić information content (AvgIpc) is 2.49. The number of carbonyl (C=O) groups excluding carboxylic acids is 2. The molecule has 1 aromatic carbocycles. The Morgan fingerprint density at radius 3 is 2.14 bits per heavy atom. The molecule has 0 aromatic heterocycles. The third-order valence-electron chi connectivity index (χ3n) is 3.51. The van der Waals surface area contributed by atoms with Gasteiger partial charge in [-0.25, -0.2) is 4.79 Å². The number of benzene rings is 1. The third kappa shape index (κ3) is 5.31. The van der Waals surface area contributed by atoms with E-state index in [0.717, 1.165) is 12.0 Å². The predicted octanol–water partition coefficient (Wildman–Crippen LogP) is 2.44. The standard InChI is InChI=1S/C17H23NO4/c1-4-12-5-7-13(8-6-12)14(19)9-10-15(20)18-16(11(2)3)17(21)22/h5-8,11,16H,4,9-10H2,1-3H3,(H,18,20)(H,21,22)/t16-/m1/s1. The van der Waals surface area contributed by atoms with E-state index >= 15 is 0 Å². The van der Waals surface area contributed by atoms with E-state index in [1.54, 1.807) is 26.0 Å². The average molecular weight is 305 g/mol. The molecule has 1 rings (SSSR count).